The summed E-state index contributed by atoms with van der Waals surface area (Å²) < 4.78 is 0. The van der Waals surface area contributed by atoms with Crippen molar-refractivity contribution in [2.75, 3.05) is 11.4 Å². The maximum Gasteiger partial charge on any atom is 0.258 e. The second-order valence-corrected chi connectivity index (χ2v) is 4.75. The first-order valence-corrected chi connectivity index (χ1v) is 6.57. The van der Waals surface area contributed by atoms with Crippen molar-refractivity contribution < 1.29 is 4.79 Å². The van der Waals surface area contributed by atoms with E-state index in [1.807, 2.05) is 69.3 Å². The standard InChI is InChI=1S/C17H19NO/c1-4-18(16-11-7-14(3)8-12-16)17(19)15-9-5-13(2)6-10-15/h5-12H,4H2,1-3H3. The summed E-state index contributed by atoms with van der Waals surface area (Å²) in [5.41, 5.74) is 4.03. The SMILES string of the molecule is CCN(C(=O)c1ccc(C)cc1)c1ccc(C)cc1. The number of hydrogen-bond donors (Lipinski definition) is 0. The Morgan fingerprint density at radius 3 is 1.84 bits per heavy atom. The minimum absolute atomic E-state index is 0.0475. The molecule has 2 rings (SSSR count). The Labute approximate surface area is 114 Å². The highest BCUT2D eigenvalue weighted by Gasteiger charge is 2.15. The average molecular weight is 253 g/mol. The van der Waals surface area contributed by atoms with Crippen LogP contribution < -0.4 is 4.90 Å². The van der Waals surface area contributed by atoms with E-state index in [1.165, 1.54) is 5.56 Å². The molecule has 0 fully saturated rings. The van der Waals surface area contributed by atoms with Crippen LogP contribution in [0.3, 0.4) is 0 Å². The molecule has 0 aromatic heterocycles. The van der Waals surface area contributed by atoms with Crippen LogP contribution in [-0.2, 0) is 0 Å². The molecule has 1 amide bonds. The van der Waals surface area contributed by atoms with Crippen LogP contribution in [0.2, 0.25) is 0 Å². The molecule has 0 saturated heterocycles. The molecule has 2 nitrogen and oxygen atoms in total. The second kappa shape index (κ2) is 5.70. The van der Waals surface area contributed by atoms with E-state index in [0.29, 0.717) is 6.54 Å². The predicted molar refractivity (Wildman–Crippen MR) is 79.7 cm³/mol. The summed E-state index contributed by atoms with van der Waals surface area (Å²) in [6.07, 6.45) is 0. The van der Waals surface area contributed by atoms with E-state index in [-0.39, 0.29) is 5.91 Å². The molecule has 2 heteroatoms. The van der Waals surface area contributed by atoms with Gasteiger partial charge in [0, 0.05) is 17.8 Å². The van der Waals surface area contributed by atoms with Crippen LogP contribution in [0.25, 0.3) is 0 Å². The number of carbonyl (C=O) groups is 1. The molecule has 2 aromatic carbocycles. The fourth-order valence-corrected chi connectivity index (χ4v) is 2.02. The van der Waals surface area contributed by atoms with Gasteiger partial charge in [-0.15, -0.1) is 0 Å². The summed E-state index contributed by atoms with van der Waals surface area (Å²) in [4.78, 5) is 14.3. The van der Waals surface area contributed by atoms with Crippen molar-refractivity contribution in [1.29, 1.82) is 0 Å². The van der Waals surface area contributed by atoms with Crippen LogP contribution in [0.1, 0.15) is 28.4 Å². The minimum Gasteiger partial charge on any atom is -0.309 e. The maximum absolute atomic E-state index is 12.5. The van der Waals surface area contributed by atoms with Gasteiger partial charge in [-0.2, -0.15) is 0 Å². The van der Waals surface area contributed by atoms with E-state index in [9.17, 15) is 4.79 Å². The lowest BCUT2D eigenvalue weighted by Gasteiger charge is -2.21. The molecule has 0 heterocycles. The van der Waals surface area contributed by atoms with Gasteiger partial charge in [0.25, 0.3) is 5.91 Å². The highest BCUT2D eigenvalue weighted by Crippen LogP contribution is 2.18. The molecular formula is C17H19NO. The first kappa shape index (κ1) is 13.3. The summed E-state index contributed by atoms with van der Waals surface area (Å²) >= 11 is 0. The smallest absolute Gasteiger partial charge is 0.258 e. The van der Waals surface area contributed by atoms with Crippen LogP contribution in [0, 0.1) is 13.8 Å². The largest absolute Gasteiger partial charge is 0.309 e. The van der Waals surface area contributed by atoms with Crippen molar-refractivity contribution in [3.63, 3.8) is 0 Å². The molecule has 0 aliphatic carbocycles. The Kier molecular flexibility index (Phi) is 4.00. The monoisotopic (exact) mass is 253 g/mol. The fraction of sp³-hybridized carbons (Fsp3) is 0.235. The van der Waals surface area contributed by atoms with Crippen molar-refractivity contribution in [3.8, 4) is 0 Å². The zero-order chi connectivity index (χ0) is 13.8. The lowest BCUT2D eigenvalue weighted by Crippen LogP contribution is -2.30. The molecule has 2 aromatic rings. The molecule has 19 heavy (non-hydrogen) atoms. The average Bonchev–Trinajstić information content (AvgIpc) is 2.42. The zero-order valence-electron chi connectivity index (χ0n) is 11.7. The Bertz CT molecular complexity index is 555. The molecule has 0 aliphatic heterocycles. The van der Waals surface area contributed by atoms with Gasteiger partial charge in [-0.3, -0.25) is 4.79 Å². The Balaban J connectivity index is 2.29. The van der Waals surface area contributed by atoms with Crippen LogP contribution in [0.4, 0.5) is 5.69 Å². The van der Waals surface area contributed by atoms with E-state index >= 15 is 0 Å². The van der Waals surface area contributed by atoms with Crippen LogP contribution in [0.15, 0.2) is 48.5 Å². The van der Waals surface area contributed by atoms with Gasteiger partial charge in [0.2, 0.25) is 0 Å². The number of rotatable bonds is 3. The van der Waals surface area contributed by atoms with Gasteiger partial charge in [-0.05, 0) is 45.0 Å². The van der Waals surface area contributed by atoms with Crippen molar-refractivity contribution in [2.24, 2.45) is 0 Å². The van der Waals surface area contributed by atoms with Gasteiger partial charge in [0.1, 0.15) is 0 Å². The number of nitrogens with zero attached hydrogens (tertiary/aromatic N) is 1. The number of benzene rings is 2. The number of hydrogen-bond acceptors (Lipinski definition) is 1. The van der Waals surface area contributed by atoms with E-state index in [0.717, 1.165) is 16.8 Å². The quantitative estimate of drug-likeness (QED) is 0.810. The summed E-state index contributed by atoms with van der Waals surface area (Å²) in [5, 5.41) is 0. The minimum atomic E-state index is 0.0475. The lowest BCUT2D eigenvalue weighted by atomic mass is 10.1. The normalized spacial score (nSPS) is 10.3. The molecule has 0 aliphatic rings. The molecule has 98 valence electrons. The van der Waals surface area contributed by atoms with Crippen LogP contribution in [-0.4, -0.2) is 12.5 Å². The highest BCUT2D eigenvalue weighted by molar-refractivity contribution is 6.06. The molecule has 0 saturated carbocycles. The Hall–Kier alpha value is -2.09. The predicted octanol–water partition coefficient (Wildman–Crippen LogP) is 3.97. The summed E-state index contributed by atoms with van der Waals surface area (Å²) in [6.45, 7) is 6.72. The number of carbonyl (C=O) groups excluding carboxylic acids is 1. The Morgan fingerprint density at radius 2 is 1.37 bits per heavy atom. The van der Waals surface area contributed by atoms with Crippen molar-refractivity contribution in [2.45, 2.75) is 20.8 Å². The van der Waals surface area contributed by atoms with Gasteiger partial charge in [-0.1, -0.05) is 35.4 Å². The molecule has 0 radical (unpaired) electrons. The number of aryl methyl sites for hydroxylation is 2. The molecule has 0 unspecified atom stereocenters. The van der Waals surface area contributed by atoms with Crippen LogP contribution >= 0.6 is 0 Å². The van der Waals surface area contributed by atoms with Gasteiger partial charge >= 0.3 is 0 Å². The Morgan fingerprint density at radius 1 is 0.895 bits per heavy atom. The van der Waals surface area contributed by atoms with E-state index in [1.54, 1.807) is 4.90 Å². The summed E-state index contributed by atoms with van der Waals surface area (Å²) in [6, 6.07) is 15.7. The maximum atomic E-state index is 12.5. The topological polar surface area (TPSA) is 20.3 Å². The molecular weight excluding hydrogens is 234 g/mol. The van der Waals surface area contributed by atoms with E-state index in [2.05, 4.69) is 0 Å². The third kappa shape index (κ3) is 3.02. The molecule has 0 N–H and O–H groups in total. The number of amides is 1. The fourth-order valence-electron chi connectivity index (χ4n) is 2.02. The molecule has 0 atom stereocenters. The summed E-state index contributed by atoms with van der Waals surface area (Å²) in [7, 11) is 0. The van der Waals surface area contributed by atoms with Gasteiger partial charge in [0.05, 0.1) is 0 Å². The van der Waals surface area contributed by atoms with Gasteiger partial charge in [0.15, 0.2) is 0 Å². The second-order valence-electron chi connectivity index (χ2n) is 4.75. The molecule has 0 spiro atoms. The first-order chi connectivity index (χ1) is 9.11. The molecule has 0 bridgehead atoms. The summed E-state index contributed by atoms with van der Waals surface area (Å²) in [5.74, 6) is 0.0475. The van der Waals surface area contributed by atoms with Crippen molar-refractivity contribution in [3.05, 3.63) is 65.2 Å². The highest BCUT2D eigenvalue weighted by atomic mass is 16.2. The third-order valence-corrected chi connectivity index (χ3v) is 3.21. The van der Waals surface area contributed by atoms with Crippen LogP contribution in [0.5, 0.6) is 0 Å². The van der Waals surface area contributed by atoms with Gasteiger partial charge in [-0.25, -0.2) is 0 Å². The lowest BCUT2D eigenvalue weighted by molar-refractivity contribution is 0.0988. The van der Waals surface area contributed by atoms with Crippen molar-refractivity contribution >= 4 is 11.6 Å². The first-order valence-electron chi connectivity index (χ1n) is 6.57. The van der Waals surface area contributed by atoms with E-state index < -0.39 is 0 Å². The van der Waals surface area contributed by atoms with Gasteiger partial charge < -0.3 is 4.90 Å². The van der Waals surface area contributed by atoms with E-state index in [4.69, 9.17) is 0 Å². The number of anilines is 1. The zero-order valence-corrected chi connectivity index (χ0v) is 11.7. The third-order valence-electron chi connectivity index (χ3n) is 3.21. The van der Waals surface area contributed by atoms with Crippen molar-refractivity contribution in [1.82, 2.24) is 0 Å².